The van der Waals surface area contributed by atoms with Crippen LogP contribution in [-0.2, 0) is 18.6 Å². The molecule has 4 heteroatoms. The molecular weight excluding hydrogens is 342 g/mol. The molecule has 0 saturated heterocycles. The molecule has 134 valence electrons. The van der Waals surface area contributed by atoms with E-state index >= 15 is 0 Å². The van der Waals surface area contributed by atoms with Crippen LogP contribution >= 0.6 is 11.8 Å². The van der Waals surface area contributed by atoms with Crippen LogP contribution in [0.2, 0.25) is 0 Å². The second kappa shape index (κ2) is 8.77. The summed E-state index contributed by atoms with van der Waals surface area (Å²) in [6, 6.07) is 19.9. The maximum Gasteiger partial charge on any atom is 0.291 e. The van der Waals surface area contributed by atoms with E-state index in [1.807, 2.05) is 30.3 Å². The first-order chi connectivity index (χ1) is 12.7. The first-order valence-electron chi connectivity index (χ1n) is 8.90. The number of nitrogens with one attached hydrogen (secondary N) is 1. The number of furan rings is 1. The van der Waals surface area contributed by atoms with Crippen LogP contribution < -0.4 is 5.32 Å². The van der Waals surface area contributed by atoms with E-state index in [1.165, 1.54) is 4.90 Å². The highest BCUT2D eigenvalue weighted by Crippen LogP contribution is 2.25. The minimum absolute atomic E-state index is 0.198. The molecule has 3 aromatic rings. The first kappa shape index (κ1) is 18.3. The minimum Gasteiger partial charge on any atom is -0.455 e. The molecule has 3 rings (SSSR count). The molecule has 0 unspecified atom stereocenters. The van der Waals surface area contributed by atoms with Crippen LogP contribution in [0.4, 0.5) is 5.69 Å². The zero-order chi connectivity index (χ0) is 18.4. The van der Waals surface area contributed by atoms with Gasteiger partial charge < -0.3 is 9.73 Å². The number of hydrogen-bond acceptors (Lipinski definition) is 3. The van der Waals surface area contributed by atoms with Crippen molar-refractivity contribution in [2.45, 2.75) is 37.3 Å². The summed E-state index contributed by atoms with van der Waals surface area (Å²) < 4.78 is 5.75. The van der Waals surface area contributed by atoms with Gasteiger partial charge in [-0.2, -0.15) is 0 Å². The van der Waals surface area contributed by atoms with Gasteiger partial charge in [-0.05, 0) is 48.2 Å². The van der Waals surface area contributed by atoms with E-state index in [2.05, 4.69) is 43.4 Å². The van der Waals surface area contributed by atoms with Crippen LogP contribution in [0.1, 0.15) is 41.3 Å². The van der Waals surface area contributed by atoms with Gasteiger partial charge in [0, 0.05) is 10.6 Å². The third kappa shape index (κ3) is 4.38. The summed E-state index contributed by atoms with van der Waals surface area (Å²) in [4.78, 5) is 13.8. The first-order valence-corrected chi connectivity index (χ1v) is 9.88. The topological polar surface area (TPSA) is 42.2 Å². The summed E-state index contributed by atoms with van der Waals surface area (Å²) in [5, 5.41) is 3.04. The predicted octanol–water partition coefficient (Wildman–Crippen LogP) is 5.95. The van der Waals surface area contributed by atoms with Crippen LogP contribution in [0.5, 0.6) is 0 Å². The van der Waals surface area contributed by atoms with E-state index in [4.69, 9.17) is 4.42 Å². The average Bonchev–Trinajstić information content (AvgIpc) is 3.16. The maximum atomic E-state index is 12.6. The predicted molar refractivity (Wildman–Crippen MR) is 108 cm³/mol. The highest BCUT2D eigenvalue weighted by Gasteiger charge is 2.15. The van der Waals surface area contributed by atoms with Crippen molar-refractivity contribution in [1.82, 2.24) is 0 Å². The molecule has 26 heavy (non-hydrogen) atoms. The summed E-state index contributed by atoms with van der Waals surface area (Å²) in [6.07, 6.45) is 1.75. The summed E-state index contributed by atoms with van der Waals surface area (Å²) in [5.74, 6) is 1.64. The average molecular weight is 365 g/mol. The monoisotopic (exact) mass is 365 g/mol. The van der Waals surface area contributed by atoms with Crippen LogP contribution in [0.15, 0.2) is 70.0 Å². The van der Waals surface area contributed by atoms with Gasteiger partial charge in [0.2, 0.25) is 0 Å². The van der Waals surface area contributed by atoms with Gasteiger partial charge in [0.1, 0.15) is 5.76 Å². The zero-order valence-electron chi connectivity index (χ0n) is 15.1. The molecule has 0 aliphatic rings. The Hall–Kier alpha value is -2.46. The Morgan fingerprint density at radius 3 is 2.27 bits per heavy atom. The number of anilines is 1. The maximum absolute atomic E-state index is 12.6. The van der Waals surface area contributed by atoms with Gasteiger partial charge in [-0.3, -0.25) is 4.79 Å². The van der Waals surface area contributed by atoms with Crippen molar-refractivity contribution in [3.05, 3.63) is 83.3 Å². The number of carbonyl (C=O) groups excluding carboxylic acids is 1. The van der Waals surface area contributed by atoms with Crippen molar-refractivity contribution >= 4 is 23.4 Å². The van der Waals surface area contributed by atoms with Crippen molar-refractivity contribution in [1.29, 1.82) is 0 Å². The van der Waals surface area contributed by atoms with E-state index < -0.39 is 0 Å². The summed E-state index contributed by atoms with van der Waals surface area (Å²) in [7, 11) is 0. The standard InChI is InChI=1S/C22H23NO2S/c1-3-16-9-8-10-17(4-2)21(16)23-22(24)20-14-13-18(25-20)15-26-19-11-6-5-7-12-19/h5-14H,3-4,15H2,1-2H3,(H,23,24). The molecule has 0 saturated carbocycles. The van der Waals surface area contributed by atoms with Crippen molar-refractivity contribution in [3.8, 4) is 0 Å². The highest BCUT2D eigenvalue weighted by atomic mass is 32.2. The molecule has 0 aliphatic heterocycles. The number of aryl methyl sites for hydroxylation is 2. The lowest BCUT2D eigenvalue weighted by Gasteiger charge is -2.13. The normalized spacial score (nSPS) is 10.7. The second-order valence-electron chi connectivity index (χ2n) is 5.98. The summed E-state index contributed by atoms with van der Waals surface area (Å²) >= 11 is 1.69. The Labute approximate surface area is 158 Å². The molecule has 2 aromatic carbocycles. The smallest absolute Gasteiger partial charge is 0.291 e. The molecule has 0 radical (unpaired) electrons. The lowest BCUT2D eigenvalue weighted by Crippen LogP contribution is -2.14. The molecule has 0 aliphatic carbocycles. The molecule has 1 aromatic heterocycles. The molecule has 0 bridgehead atoms. The summed E-state index contributed by atoms with van der Waals surface area (Å²) in [6.45, 7) is 4.19. The molecule has 1 heterocycles. The SMILES string of the molecule is CCc1cccc(CC)c1NC(=O)c1ccc(CSc2ccccc2)o1. The van der Waals surface area contributed by atoms with Crippen LogP contribution in [-0.4, -0.2) is 5.91 Å². The number of para-hydroxylation sites is 1. The number of thioether (sulfide) groups is 1. The number of amides is 1. The van der Waals surface area contributed by atoms with Gasteiger partial charge in [-0.1, -0.05) is 50.2 Å². The minimum atomic E-state index is -0.198. The number of hydrogen-bond donors (Lipinski definition) is 1. The molecule has 0 atom stereocenters. The van der Waals surface area contributed by atoms with Gasteiger partial charge in [-0.15, -0.1) is 11.8 Å². The second-order valence-corrected chi connectivity index (χ2v) is 7.03. The number of benzene rings is 2. The number of rotatable bonds is 7. The van der Waals surface area contributed by atoms with E-state index in [1.54, 1.807) is 17.8 Å². The van der Waals surface area contributed by atoms with Crippen LogP contribution in [0.3, 0.4) is 0 Å². The van der Waals surface area contributed by atoms with Crippen molar-refractivity contribution in [2.24, 2.45) is 0 Å². The van der Waals surface area contributed by atoms with E-state index in [0.29, 0.717) is 11.5 Å². The molecule has 3 nitrogen and oxygen atoms in total. The Morgan fingerprint density at radius 2 is 1.62 bits per heavy atom. The lowest BCUT2D eigenvalue weighted by atomic mass is 10.0. The fraction of sp³-hybridized carbons (Fsp3) is 0.227. The highest BCUT2D eigenvalue weighted by molar-refractivity contribution is 7.98. The fourth-order valence-electron chi connectivity index (χ4n) is 2.83. The van der Waals surface area contributed by atoms with E-state index in [0.717, 1.165) is 35.4 Å². The fourth-order valence-corrected chi connectivity index (χ4v) is 3.64. The van der Waals surface area contributed by atoms with Crippen molar-refractivity contribution < 1.29 is 9.21 Å². The van der Waals surface area contributed by atoms with Gasteiger partial charge in [0.15, 0.2) is 5.76 Å². The van der Waals surface area contributed by atoms with Crippen LogP contribution in [0, 0.1) is 0 Å². The molecule has 1 amide bonds. The quantitative estimate of drug-likeness (QED) is 0.526. The van der Waals surface area contributed by atoms with E-state index in [-0.39, 0.29) is 5.91 Å². The summed E-state index contributed by atoms with van der Waals surface area (Å²) in [5.41, 5.74) is 3.20. The molecule has 0 spiro atoms. The molecule has 0 fully saturated rings. The lowest BCUT2D eigenvalue weighted by molar-refractivity contribution is 0.0995. The van der Waals surface area contributed by atoms with Crippen molar-refractivity contribution in [2.75, 3.05) is 5.32 Å². The van der Waals surface area contributed by atoms with Gasteiger partial charge in [-0.25, -0.2) is 0 Å². The Balaban J connectivity index is 1.69. The Morgan fingerprint density at radius 1 is 0.923 bits per heavy atom. The third-order valence-corrected chi connectivity index (χ3v) is 5.28. The zero-order valence-corrected chi connectivity index (χ0v) is 15.9. The largest absolute Gasteiger partial charge is 0.455 e. The molecular formula is C22H23NO2S. The number of carbonyl (C=O) groups is 1. The molecule has 1 N–H and O–H groups in total. The third-order valence-electron chi connectivity index (χ3n) is 4.25. The van der Waals surface area contributed by atoms with Gasteiger partial charge in [0.25, 0.3) is 5.91 Å². The van der Waals surface area contributed by atoms with Gasteiger partial charge in [0.05, 0.1) is 5.75 Å². The Bertz CT molecular complexity index is 849. The van der Waals surface area contributed by atoms with Crippen molar-refractivity contribution in [3.63, 3.8) is 0 Å². The Kier molecular flexibility index (Phi) is 6.18. The van der Waals surface area contributed by atoms with Gasteiger partial charge >= 0.3 is 0 Å². The van der Waals surface area contributed by atoms with Crippen LogP contribution in [0.25, 0.3) is 0 Å². The van der Waals surface area contributed by atoms with E-state index in [9.17, 15) is 4.79 Å².